The maximum atomic E-state index is 9.36. The third kappa shape index (κ3) is 1.99. The summed E-state index contributed by atoms with van der Waals surface area (Å²) in [4.78, 5) is 0. The molecule has 3 nitrogen and oxygen atoms in total. The Labute approximate surface area is 139 Å². The molecule has 0 atom stereocenters. The second-order valence-corrected chi connectivity index (χ2v) is 4.81. The maximum Gasteiger partial charge on any atom is 0.115 e. The predicted molar refractivity (Wildman–Crippen MR) is 79.7 cm³/mol. The number of nitrogens with one attached hydrogen (secondary N) is 1. The molecule has 4 rings (SSSR count). The van der Waals surface area contributed by atoms with Crippen LogP contribution in [0.1, 0.15) is 11.1 Å². The topological polar surface area (TPSA) is 48.9 Å². The van der Waals surface area contributed by atoms with Gasteiger partial charge in [0, 0.05) is 52.7 Å². The van der Waals surface area contributed by atoms with Gasteiger partial charge in [-0.2, -0.15) is 5.10 Å². The van der Waals surface area contributed by atoms with Gasteiger partial charge in [-0.3, -0.25) is 5.10 Å². The molecule has 0 saturated heterocycles. The molecule has 0 amide bonds. The molecule has 4 heteroatoms. The molecule has 0 spiro atoms. The molecule has 93 valence electrons. The van der Waals surface area contributed by atoms with E-state index in [0.29, 0.717) is 0 Å². The van der Waals surface area contributed by atoms with Crippen LogP contribution in [0.15, 0.2) is 48.5 Å². The number of rotatable bonds is 1. The number of aromatic nitrogens is 2. The fourth-order valence-electron chi connectivity index (χ4n) is 2.73. The van der Waals surface area contributed by atoms with Crippen LogP contribution >= 0.6 is 0 Å². The molecule has 1 radical (unpaired) electrons. The first-order valence-corrected chi connectivity index (χ1v) is 6.28. The smallest absolute Gasteiger partial charge is 0.115 e. The molecule has 2 aromatic carbocycles. The number of H-pyrrole nitrogens is 1. The fraction of sp³-hybridized carbons (Fsp3) is 0.0625. The van der Waals surface area contributed by atoms with Crippen LogP contribution in [0.3, 0.4) is 0 Å². The van der Waals surface area contributed by atoms with Crippen molar-refractivity contribution in [3.05, 3.63) is 59.7 Å². The summed E-state index contributed by atoms with van der Waals surface area (Å²) < 4.78 is 0. The molecule has 1 aliphatic rings. The third-order valence-electron chi connectivity index (χ3n) is 3.66. The number of hydrogen-bond donors (Lipinski definition) is 2. The quantitative estimate of drug-likeness (QED) is 0.523. The van der Waals surface area contributed by atoms with Crippen LogP contribution in [0.5, 0.6) is 5.75 Å². The summed E-state index contributed by atoms with van der Waals surface area (Å²) in [5, 5.41) is 16.9. The number of phenols is 1. The van der Waals surface area contributed by atoms with Gasteiger partial charge >= 0.3 is 0 Å². The SMILES string of the molecule is Oc1ccc(-c2n[nH]c3c2Cc2ccccc2-3)cc1.[Na]. The average Bonchev–Trinajstić information content (AvgIpc) is 2.98. The zero-order valence-electron chi connectivity index (χ0n) is 11.2. The molecule has 0 bridgehead atoms. The second-order valence-electron chi connectivity index (χ2n) is 4.81. The molecule has 1 heterocycles. The van der Waals surface area contributed by atoms with Gasteiger partial charge in [-0.05, 0) is 29.8 Å². The Morgan fingerprint density at radius 1 is 1.00 bits per heavy atom. The number of aromatic amines is 1. The zero-order chi connectivity index (χ0) is 12.8. The number of nitrogens with zero attached hydrogens (tertiary/aromatic N) is 1. The standard InChI is InChI=1S/C16H12N2O.Na/c19-12-7-5-10(6-8-12)15-14-9-11-3-1-2-4-13(11)16(14)18-17-15;/h1-8,19H,9H2,(H,17,18);. The van der Waals surface area contributed by atoms with Crippen molar-refractivity contribution in [2.24, 2.45) is 0 Å². The maximum absolute atomic E-state index is 9.36. The minimum atomic E-state index is 0. The van der Waals surface area contributed by atoms with Crippen molar-refractivity contribution in [3.8, 4) is 28.3 Å². The van der Waals surface area contributed by atoms with E-state index in [0.717, 1.165) is 23.4 Å². The molecule has 20 heavy (non-hydrogen) atoms. The number of fused-ring (bicyclic) bond motifs is 3. The Balaban J connectivity index is 0.00000121. The number of hydrogen-bond acceptors (Lipinski definition) is 2. The molecule has 2 N–H and O–H groups in total. The Morgan fingerprint density at radius 3 is 2.55 bits per heavy atom. The zero-order valence-corrected chi connectivity index (χ0v) is 13.2. The minimum Gasteiger partial charge on any atom is -0.508 e. The van der Waals surface area contributed by atoms with Gasteiger partial charge in [-0.1, -0.05) is 24.3 Å². The van der Waals surface area contributed by atoms with Crippen molar-refractivity contribution in [3.63, 3.8) is 0 Å². The molecular weight excluding hydrogens is 259 g/mol. The fourth-order valence-corrected chi connectivity index (χ4v) is 2.73. The van der Waals surface area contributed by atoms with Gasteiger partial charge in [0.05, 0.1) is 11.4 Å². The first kappa shape index (κ1) is 13.4. The van der Waals surface area contributed by atoms with E-state index in [1.54, 1.807) is 12.1 Å². The van der Waals surface area contributed by atoms with E-state index in [4.69, 9.17) is 0 Å². The molecule has 0 saturated carbocycles. The Hall–Kier alpha value is -1.55. The molecule has 0 aliphatic heterocycles. The number of benzene rings is 2. The predicted octanol–water partition coefficient (Wildman–Crippen LogP) is 2.97. The largest absolute Gasteiger partial charge is 0.508 e. The van der Waals surface area contributed by atoms with E-state index >= 15 is 0 Å². The van der Waals surface area contributed by atoms with Crippen LogP contribution in [0, 0.1) is 0 Å². The van der Waals surface area contributed by atoms with Gasteiger partial charge in [0.25, 0.3) is 0 Å². The summed E-state index contributed by atoms with van der Waals surface area (Å²) in [6.07, 6.45) is 0.915. The Bertz CT molecular complexity index is 762. The van der Waals surface area contributed by atoms with E-state index in [-0.39, 0.29) is 35.3 Å². The summed E-state index contributed by atoms with van der Waals surface area (Å²) in [5.41, 5.74) is 6.96. The summed E-state index contributed by atoms with van der Waals surface area (Å²) in [7, 11) is 0. The van der Waals surface area contributed by atoms with Gasteiger partial charge in [-0.15, -0.1) is 0 Å². The summed E-state index contributed by atoms with van der Waals surface area (Å²) in [6.45, 7) is 0. The van der Waals surface area contributed by atoms with E-state index < -0.39 is 0 Å². The van der Waals surface area contributed by atoms with Gasteiger partial charge < -0.3 is 5.11 Å². The van der Waals surface area contributed by atoms with Crippen LogP contribution in [0.4, 0.5) is 0 Å². The number of phenolic OH excluding ortho intramolecular Hbond substituents is 1. The third-order valence-corrected chi connectivity index (χ3v) is 3.66. The molecule has 1 aromatic heterocycles. The van der Waals surface area contributed by atoms with Crippen molar-refractivity contribution in [1.29, 1.82) is 0 Å². The second kappa shape index (κ2) is 5.09. The van der Waals surface area contributed by atoms with Gasteiger partial charge in [-0.25, -0.2) is 0 Å². The first-order valence-electron chi connectivity index (χ1n) is 6.28. The van der Waals surface area contributed by atoms with Gasteiger partial charge in [0.15, 0.2) is 0 Å². The molecule has 0 unspecified atom stereocenters. The summed E-state index contributed by atoms with van der Waals surface area (Å²) in [6, 6.07) is 15.6. The van der Waals surface area contributed by atoms with E-state index in [9.17, 15) is 5.11 Å². The van der Waals surface area contributed by atoms with Crippen molar-refractivity contribution < 1.29 is 5.11 Å². The molecular formula is C16H12N2NaO. The van der Waals surface area contributed by atoms with Crippen molar-refractivity contribution in [2.45, 2.75) is 6.42 Å². The van der Waals surface area contributed by atoms with Crippen molar-refractivity contribution in [2.75, 3.05) is 0 Å². The van der Waals surface area contributed by atoms with Crippen molar-refractivity contribution in [1.82, 2.24) is 10.2 Å². The van der Waals surface area contributed by atoms with Crippen LogP contribution in [-0.4, -0.2) is 44.9 Å². The summed E-state index contributed by atoms with van der Waals surface area (Å²) in [5.74, 6) is 0.277. The molecule has 0 fully saturated rings. The summed E-state index contributed by atoms with van der Waals surface area (Å²) >= 11 is 0. The molecule has 1 aliphatic carbocycles. The molecule has 3 aromatic rings. The van der Waals surface area contributed by atoms with E-state index in [1.807, 2.05) is 12.1 Å². The number of aromatic hydroxyl groups is 1. The normalized spacial score (nSPS) is 11.6. The van der Waals surface area contributed by atoms with Gasteiger partial charge in [0.2, 0.25) is 0 Å². The van der Waals surface area contributed by atoms with E-state index in [2.05, 4.69) is 34.5 Å². The Morgan fingerprint density at radius 2 is 1.75 bits per heavy atom. The average molecular weight is 271 g/mol. The first-order chi connectivity index (χ1) is 9.33. The van der Waals surface area contributed by atoms with Gasteiger partial charge in [0.1, 0.15) is 5.75 Å². The van der Waals surface area contributed by atoms with Crippen molar-refractivity contribution >= 4 is 29.6 Å². The van der Waals surface area contributed by atoms with E-state index in [1.165, 1.54) is 16.7 Å². The minimum absolute atomic E-state index is 0. The van der Waals surface area contributed by atoms with Crippen LogP contribution in [0.25, 0.3) is 22.5 Å². The van der Waals surface area contributed by atoms with Crippen LogP contribution in [-0.2, 0) is 6.42 Å². The Kier molecular flexibility index (Phi) is 3.42. The van der Waals surface area contributed by atoms with Crippen LogP contribution in [0.2, 0.25) is 0 Å². The van der Waals surface area contributed by atoms with Crippen LogP contribution < -0.4 is 0 Å². The monoisotopic (exact) mass is 271 g/mol.